The van der Waals surface area contributed by atoms with Crippen LogP contribution >= 0.6 is 0 Å². The molecule has 11 nitrogen and oxygen atoms in total. The number of carbonyl (C=O) groups is 2. The summed E-state index contributed by atoms with van der Waals surface area (Å²) in [5.41, 5.74) is 0.361. The van der Waals surface area contributed by atoms with Crippen LogP contribution in [0.2, 0.25) is 0 Å². The zero-order chi connectivity index (χ0) is 27.3. The van der Waals surface area contributed by atoms with Crippen LogP contribution in [0.4, 0.5) is 10.1 Å². The first kappa shape index (κ1) is 27.3. The largest absolute Gasteiger partial charge is 0.480 e. The Balaban J connectivity index is 1.37. The number of aliphatic imine (C=N–C) groups is 1. The number of amides is 1. The highest BCUT2D eigenvalue weighted by Crippen LogP contribution is 2.25. The van der Waals surface area contributed by atoms with Crippen LogP contribution in [0.5, 0.6) is 0 Å². The number of guanidine groups is 1. The van der Waals surface area contributed by atoms with Gasteiger partial charge in [-0.3, -0.25) is 14.6 Å². The molecule has 0 saturated carbocycles. The Morgan fingerprint density at radius 1 is 1.21 bits per heavy atom. The lowest BCUT2D eigenvalue weighted by molar-refractivity contribution is -0.138. The number of hydrogen-bond donors (Lipinski definition) is 4. The third-order valence-electron chi connectivity index (χ3n) is 6.44. The highest BCUT2D eigenvalue weighted by molar-refractivity contribution is 7.89. The Morgan fingerprint density at radius 2 is 1.97 bits per heavy atom. The molecular formula is C25H31FN6O5S. The predicted octanol–water partition coefficient (Wildman–Crippen LogP) is 0.847. The standard InChI is InChI=1S/C25H31FN6O5S/c1-17-16-31(25-27-10-5-11-28-25)12-13-32(17)22-9-8-18(14-20(22)26)23(33)29-15-21(24(34)35)30-38(36,37)19-6-3-2-4-7-19/h2-4,6-9,14,17,21,30H,5,10-13,15-16H2,1H3,(H,27,28)(H,29,33)(H,34,35)/t17?,21-/m0/s1. The number of nitrogens with zero attached hydrogens (tertiary/aromatic N) is 3. The van der Waals surface area contributed by atoms with Gasteiger partial charge < -0.3 is 25.5 Å². The number of anilines is 1. The molecule has 0 bridgehead atoms. The van der Waals surface area contributed by atoms with Crippen LogP contribution in [0.15, 0.2) is 58.4 Å². The molecule has 2 aliphatic heterocycles. The average Bonchev–Trinajstić information content (AvgIpc) is 2.92. The first-order chi connectivity index (χ1) is 18.2. The molecule has 13 heteroatoms. The van der Waals surface area contributed by atoms with E-state index >= 15 is 4.39 Å². The van der Waals surface area contributed by atoms with Gasteiger partial charge in [-0.1, -0.05) is 18.2 Å². The molecule has 0 spiro atoms. The predicted molar refractivity (Wildman–Crippen MR) is 140 cm³/mol. The molecule has 2 atom stereocenters. The van der Waals surface area contributed by atoms with Crippen LogP contribution in [0.3, 0.4) is 0 Å². The number of halogens is 1. The summed E-state index contributed by atoms with van der Waals surface area (Å²) >= 11 is 0. The van der Waals surface area contributed by atoms with Crippen molar-refractivity contribution in [3.63, 3.8) is 0 Å². The lowest BCUT2D eigenvalue weighted by atomic mass is 10.1. The van der Waals surface area contributed by atoms with Crippen molar-refractivity contribution in [2.24, 2.45) is 4.99 Å². The molecule has 4 N–H and O–H groups in total. The van der Waals surface area contributed by atoms with Crippen LogP contribution < -0.4 is 20.3 Å². The van der Waals surface area contributed by atoms with Crippen molar-refractivity contribution < 1.29 is 27.5 Å². The summed E-state index contributed by atoms with van der Waals surface area (Å²) in [6.45, 7) is 5.07. The number of benzene rings is 2. The quantitative estimate of drug-likeness (QED) is 0.382. The van der Waals surface area contributed by atoms with E-state index in [1.807, 2.05) is 11.8 Å². The lowest BCUT2D eigenvalue weighted by Crippen LogP contribution is -2.57. The number of aliphatic carboxylic acids is 1. The molecule has 0 aliphatic carbocycles. The van der Waals surface area contributed by atoms with Gasteiger partial charge in [-0.05, 0) is 43.7 Å². The van der Waals surface area contributed by atoms with Gasteiger partial charge in [0, 0.05) is 50.9 Å². The van der Waals surface area contributed by atoms with Crippen LogP contribution in [0.25, 0.3) is 0 Å². The number of sulfonamides is 1. The van der Waals surface area contributed by atoms with Gasteiger partial charge in [-0.15, -0.1) is 0 Å². The molecule has 1 unspecified atom stereocenters. The molecule has 2 heterocycles. The second-order valence-electron chi connectivity index (χ2n) is 9.18. The second kappa shape index (κ2) is 11.8. The van der Waals surface area contributed by atoms with Crippen molar-refractivity contribution in [2.45, 2.75) is 30.3 Å². The van der Waals surface area contributed by atoms with Crippen molar-refractivity contribution in [1.29, 1.82) is 0 Å². The zero-order valence-electron chi connectivity index (χ0n) is 20.9. The molecule has 2 aromatic rings. The van der Waals surface area contributed by atoms with Crippen molar-refractivity contribution in [3.05, 3.63) is 59.9 Å². The van der Waals surface area contributed by atoms with E-state index in [0.717, 1.165) is 31.5 Å². The smallest absolute Gasteiger partial charge is 0.323 e. The Kier molecular flexibility index (Phi) is 8.47. The van der Waals surface area contributed by atoms with Gasteiger partial charge in [0.1, 0.15) is 11.9 Å². The topological polar surface area (TPSA) is 143 Å². The van der Waals surface area contributed by atoms with Gasteiger partial charge in [0.05, 0.1) is 10.6 Å². The van der Waals surface area contributed by atoms with Gasteiger partial charge in [-0.25, -0.2) is 12.8 Å². The maximum atomic E-state index is 15.1. The van der Waals surface area contributed by atoms with Gasteiger partial charge in [0.25, 0.3) is 5.91 Å². The number of carbonyl (C=O) groups excluding carboxylic acids is 1. The summed E-state index contributed by atoms with van der Waals surface area (Å²) in [7, 11) is -4.12. The van der Waals surface area contributed by atoms with Crippen molar-refractivity contribution in [1.82, 2.24) is 20.3 Å². The number of nitrogens with one attached hydrogen (secondary N) is 3. The van der Waals surface area contributed by atoms with Gasteiger partial charge in [-0.2, -0.15) is 4.72 Å². The van der Waals surface area contributed by atoms with Gasteiger partial charge >= 0.3 is 5.97 Å². The van der Waals surface area contributed by atoms with E-state index in [1.54, 1.807) is 6.07 Å². The Morgan fingerprint density at radius 3 is 2.61 bits per heavy atom. The van der Waals surface area contributed by atoms with Crippen LogP contribution in [-0.4, -0.2) is 87.6 Å². The maximum Gasteiger partial charge on any atom is 0.323 e. The molecule has 204 valence electrons. The molecule has 1 amide bonds. The normalized spacial score (nSPS) is 18.8. The summed E-state index contributed by atoms with van der Waals surface area (Å²) in [5, 5.41) is 15.1. The molecule has 2 aliphatic rings. The fourth-order valence-electron chi connectivity index (χ4n) is 4.45. The minimum Gasteiger partial charge on any atom is -0.480 e. The van der Waals surface area contributed by atoms with E-state index in [0.29, 0.717) is 25.3 Å². The van der Waals surface area contributed by atoms with E-state index in [-0.39, 0.29) is 16.5 Å². The van der Waals surface area contributed by atoms with Crippen molar-refractivity contribution >= 4 is 33.5 Å². The average molecular weight is 547 g/mol. The highest BCUT2D eigenvalue weighted by atomic mass is 32.2. The van der Waals surface area contributed by atoms with Crippen molar-refractivity contribution in [2.75, 3.05) is 44.2 Å². The van der Waals surface area contributed by atoms with E-state index in [2.05, 4.69) is 25.2 Å². The number of hydrogen-bond acceptors (Lipinski definition) is 8. The monoisotopic (exact) mass is 546 g/mol. The fourth-order valence-corrected chi connectivity index (χ4v) is 5.66. The third kappa shape index (κ3) is 6.40. The summed E-state index contributed by atoms with van der Waals surface area (Å²) in [5.74, 6) is -1.89. The SMILES string of the molecule is CC1CN(C2=NCCCN2)CCN1c1ccc(C(=O)NC[C@H](NS(=O)(=O)c2ccccc2)C(=O)O)cc1F. The number of carboxylic acids is 1. The zero-order valence-corrected chi connectivity index (χ0v) is 21.7. The van der Waals surface area contributed by atoms with E-state index < -0.39 is 40.3 Å². The Hall–Kier alpha value is -3.71. The van der Waals surface area contributed by atoms with Gasteiger partial charge in [0.2, 0.25) is 10.0 Å². The second-order valence-corrected chi connectivity index (χ2v) is 10.9. The number of rotatable bonds is 8. The molecule has 1 fully saturated rings. The summed E-state index contributed by atoms with van der Waals surface area (Å²) < 4.78 is 42.1. The molecular weight excluding hydrogens is 515 g/mol. The molecule has 4 rings (SSSR count). The Bertz CT molecular complexity index is 1310. The molecule has 2 aromatic carbocycles. The van der Waals surface area contributed by atoms with E-state index in [1.165, 1.54) is 36.4 Å². The Labute approximate surface area is 220 Å². The summed E-state index contributed by atoms with van der Waals surface area (Å²) in [6, 6.07) is 9.76. The first-order valence-electron chi connectivity index (χ1n) is 12.3. The van der Waals surface area contributed by atoms with Crippen LogP contribution in [0.1, 0.15) is 23.7 Å². The molecule has 1 saturated heterocycles. The lowest BCUT2D eigenvalue weighted by Gasteiger charge is -2.43. The van der Waals surface area contributed by atoms with Gasteiger partial charge in [0.15, 0.2) is 5.96 Å². The number of piperazine rings is 1. The highest BCUT2D eigenvalue weighted by Gasteiger charge is 2.29. The molecule has 0 radical (unpaired) electrons. The fraction of sp³-hybridized carbons (Fsp3) is 0.400. The first-order valence-corrected chi connectivity index (χ1v) is 13.8. The molecule has 0 aromatic heterocycles. The van der Waals surface area contributed by atoms with Crippen LogP contribution in [-0.2, 0) is 14.8 Å². The maximum absolute atomic E-state index is 15.1. The summed E-state index contributed by atoms with van der Waals surface area (Å²) in [6.07, 6.45) is 1.00. The van der Waals surface area contributed by atoms with Crippen molar-refractivity contribution in [3.8, 4) is 0 Å². The molecule has 38 heavy (non-hydrogen) atoms. The van der Waals surface area contributed by atoms with Crippen LogP contribution in [0, 0.1) is 5.82 Å². The summed E-state index contributed by atoms with van der Waals surface area (Å²) in [4.78, 5) is 32.8. The number of carboxylic acid groups (broad SMARTS) is 1. The minimum atomic E-state index is -4.12. The minimum absolute atomic E-state index is 0.00156. The van der Waals surface area contributed by atoms with E-state index in [9.17, 15) is 23.1 Å². The van der Waals surface area contributed by atoms with E-state index in [4.69, 9.17) is 0 Å². The third-order valence-corrected chi connectivity index (χ3v) is 7.93.